The SMILES string of the molecule is C=CCCC(O)(C(=O)OC)c1cccnc1. The molecule has 0 saturated carbocycles. The third-order valence-corrected chi connectivity index (χ3v) is 2.37. The van der Waals surface area contributed by atoms with E-state index in [-0.39, 0.29) is 6.42 Å². The van der Waals surface area contributed by atoms with Gasteiger partial charge >= 0.3 is 5.97 Å². The maximum absolute atomic E-state index is 11.6. The fraction of sp³-hybridized carbons (Fsp3) is 0.333. The van der Waals surface area contributed by atoms with Crippen LogP contribution in [0.1, 0.15) is 18.4 Å². The number of nitrogens with zero attached hydrogens (tertiary/aromatic N) is 1. The number of ether oxygens (including phenoxy) is 1. The van der Waals surface area contributed by atoms with Gasteiger partial charge < -0.3 is 9.84 Å². The summed E-state index contributed by atoms with van der Waals surface area (Å²) in [4.78, 5) is 15.5. The first-order chi connectivity index (χ1) is 7.65. The van der Waals surface area contributed by atoms with Crippen LogP contribution in [0.2, 0.25) is 0 Å². The molecule has 0 aliphatic rings. The van der Waals surface area contributed by atoms with E-state index in [0.717, 1.165) is 0 Å². The van der Waals surface area contributed by atoms with Gasteiger partial charge in [0, 0.05) is 18.0 Å². The molecule has 1 atom stereocenters. The number of hydrogen-bond acceptors (Lipinski definition) is 4. The Kier molecular flexibility index (Phi) is 4.19. The second kappa shape index (κ2) is 5.42. The van der Waals surface area contributed by atoms with E-state index >= 15 is 0 Å². The lowest BCUT2D eigenvalue weighted by Crippen LogP contribution is -2.36. The maximum Gasteiger partial charge on any atom is 0.342 e. The summed E-state index contributed by atoms with van der Waals surface area (Å²) in [7, 11) is 1.25. The Balaban J connectivity index is 3.04. The van der Waals surface area contributed by atoms with E-state index in [9.17, 15) is 9.90 Å². The third kappa shape index (κ3) is 2.46. The van der Waals surface area contributed by atoms with Crippen LogP contribution < -0.4 is 0 Å². The summed E-state index contributed by atoms with van der Waals surface area (Å²) in [5.74, 6) is -0.678. The Hall–Kier alpha value is -1.68. The average molecular weight is 221 g/mol. The van der Waals surface area contributed by atoms with E-state index in [4.69, 9.17) is 0 Å². The molecular weight excluding hydrogens is 206 g/mol. The van der Waals surface area contributed by atoms with Gasteiger partial charge in [-0.3, -0.25) is 4.98 Å². The Morgan fingerprint density at radius 2 is 2.50 bits per heavy atom. The highest BCUT2D eigenvalue weighted by atomic mass is 16.5. The maximum atomic E-state index is 11.6. The van der Waals surface area contributed by atoms with Crippen LogP contribution in [-0.2, 0) is 15.1 Å². The lowest BCUT2D eigenvalue weighted by Gasteiger charge is -2.24. The molecular formula is C12H15NO3. The molecule has 0 aliphatic carbocycles. The van der Waals surface area contributed by atoms with E-state index < -0.39 is 11.6 Å². The second-order valence-electron chi connectivity index (χ2n) is 3.42. The molecule has 0 radical (unpaired) electrons. The van der Waals surface area contributed by atoms with Gasteiger partial charge in [-0.15, -0.1) is 6.58 Å². The molecule has 1 unspecified atom stereocenters. The van der Waals surface area contributed by atoms with Gasteiger partial charge in [0.05, 0.1) is 7.11 Å². The summed E-state index contributed by atoms with van der Waals surface area (Å²) >= 11 is 0. The smallest absolute Gasteiger partial charge is 0.342 e. The molecule has 4 nitrogen and oxygen atoms in total. The Morgan fingerprint density at radius 3 is 3.00 bits per heavy atom. The van der Waals surface area contributed by atoms with Crippen LogP contribution >= 0.6 is 0 Å². The predicted molar refractivity (Wildman–Crippen MR) is 59.6 cm³/mol. The van der Waals surface area contributed by atoms with Crippen molar-refractivity contribution in [2.45, 2.75) is 18.4 Å². The van der Waals surface area contributed by atoms with E-state index in [1.807, 2.05) is 0 Å². The minimum absolute atomic E-state index is 0.231. The van der Waals surface area contributed by atoms with Crippen LogP contribution in [0.3, 0.4) is 0 Å². The number of carbonyl (C=O) groups is 1. The zero-order valence-electron chi connectivity index (χ0n) is 9.22. The molecule has 1 heterocycles. The fourth-order valence-corrected chi connectivity index (χ4v) is 1.45. The number of methoxy groups -OCH3 is 1. The highest BCUT2D eigenvalue weighted by Gasteiger charge is 2.38. The molecule has 0 amide bonds. The minimum Gasteiger partial charge on any atom is -0.467 e. The zero-order valence-corrected chi connectivity index (χ0v) is 9.22. The lowest BCUT2D eigenvalue weighted by molar-refractivity contribution is -0.164. The van der Waals surface area contributed by atoms with E-state index in [2.05, 4.69) is 16.3 Å². The quantitative estimate of drug-likeness (QED) is 0.603. The molecule has 0 aromatic carbocycles. The van der Waals surface area contributed by atoms with Gasteiger partial charge in [-0.2, -0.15) is 0 Å². The molecule has 0 bridgehead atoms. The number of carbonyl (C=O) groups excluding carboxylic acids is 1. The molecule has 1 aromatic heterocycles. The molecule has 0 saturated heterocycles. The van der Waals surface area contributed by atoms with Crippen molar-refractivity contribution in [2.75, 3.05) is 7.11 Å². The summed E-state index contributed by atoms with van der Waals surface area (Å²) in [6.07, 6.45) is 5.42. The Bertz CT molecular complexity index is 364. The van der Waals surface area contributed by atoms with E-state index in [1.54, 1.807) is 24.4 Å². The van der Waals surface area contributed by atoms with Gasteiger partial charge in [-0.05, 0) is 18.9 Å². The molecule has 0 fully saturated rings. The minimum atomic E-state index is -1.64. The van der Waals surface area contributed by atoms with Crippen molar-refractivity contribution < 1.29 is 14.6 Å². The molecule has 86 valence electrons. The normalized spacial score (nSPS) is 13.9. The highest BCUT2D eigenvalue weighted by Crippen LogP contribution is 2.27. The van der Waals surface area contributed by atoms with Crippen molar-refractivity contribution in [3.05, 3.63) is 42.7 Å². The number of rotatable bonds is 5. The van der Waals surface area contributed by atoms with Gasteiger partial charge in [0.1, 0.15) is 0 Å². The van der Waals surface area contributed by atoms with Crippen LogP contribution in [0, 0.1) is 0 Å². The van der Waals surface area contributed by atoms with Gasteiger partial charge in [0.15, 0.2) is 5.60 Å². The van der Waals surface area contributed by atoms with E-state index in [1.165, 1.54) is 13.3 Å². The molecule has 1 N–H and O–H groups in total. The number of hydrogen-bond donors (Lipinski definition) is 1. The molecule has 16 heavy (non-hydrogen) atoms. The first-order valence-electron chi connectivity index (χ1n) is 4.97. The topological polar surface area (TPSA) is 59.4 Å². The lowest BCUT2D eigenvalue weighted by atomic mass is 9.90. The molecule has 1 aromatic rings. The number of esters is 1. The number of pyridine rings is 1. The van der Waals surface area contributed by atoms with Crippen molar-refractivity contribution in [1.82, 2.24) is 4.98 Å². The first kappa shape index (κ1) is 12.4. The molecule has 0 aliphatic heterocycles. The summed E-state index contributed by atoms with van der Waals surface area (Å²) in [5.41, 5.74) is -1.21. The van der Waals surface area contributed by atoms with Crippen molar-refractivity contribution >= 4 is 5.97 Å². The fourth-order valence-electron chi connectivity index (χ4n) is 1.45. The summed E-state index contributed by atoms with van der Waals surface area (Å²) in [5, 5.41) is 10.3. The third-order valence-electron chi connectivity index (χ3n) is 2.37. The Morgan fingerprint density at radius 1 is 1.75 bits per heavy atom. The molecule has 0 spiro atoms. The van der Waals surface area contributed by atoms with Crippen molar-refractivity contribution in [3.8, 4) is 0 Å². The van der Waals surface area contributed by atoms with Crippen LogP contribution in [0.25, 0.3) is 0 Å². The van der Waals surface area contributed by atoms with Gasteiger partial charge in [-0.25, -0.2) is 4.79 Å². The monoisotopic (exact) mass is 221 g/mol. The average Bonchev–Trinajstić information content (AvgIpc) is 2.36. The zero-order chi connectivity index (χ0) is 12.0. The number of aliphatic hydroxyl groups is 1. The highest BCUT2D eigenvalue weighted by molar-refractivity contribution is 5.80. The van der Waals surface area contributed by atoms with Gasteiger partial charge in [-0.1, -0.05) is 12.1 Å². The van der Waals surface area contributed by atoms with E-state index in [0.29, 0.717) is 12.0 Å². The molecule has 4 heteroatoms. The second-order valence-corrected chi connectivity index (χ2v) is 3.42. The standard InChI is InChI=1S/C12H15NO3/c1-3-4-7-12(15,11(14)16-2)10-6-5-8-13-9-10/h3,5-6,8-9,15H,1,4,7H2,2H3. The summed E-state index contributed by atoms with van der Waals surface area (Å²) in [6, 6.07) is 3.31. The van der Waals surface area contributed by atoms with Crippen molar-refractivity contribution in [3.63, 3.8) is 0 Å². The van der Waals surface area contributed by atoms with Crippen LogP contribution in [0.5, 0.6) is 0 Å². The van der Waals surface area contributed by atoms with Crippen LogP contribution in [-0.4, -0.2) is 23.2 Å². The largest absolute Gasteiger partial charge is 0.467 e. The first-order valence-corrected chi connectivity index (χ1v) is 4.97. The summed E-state index contributed by atoms with van der Waals surface area (Å²) < 4.78 is 4.62. The van der Waals surface area contributed by atoms with Crippen LogP contribution in [0.4, 0.5) is 0 Å². The van der Waals surface area contributed by atoms with Crippen LogP contribution in [0.15, 0.2) is 37.2 Å². The Labute approximate surface area is 94.6 Å². The predicted octanol–water partition coefficient (Wildman–Crippen LogP) is 1.41. The van der Waals surface area contributed by atoms with Crippen molar-refractivity contribution in [2.24, 2.45) is 0 Å². The van der Waals surface area contributed by atoms with Gasteiger partial charge in [0.2, 0.25) is 0 Å². The van der Waals surface area contributed by atoms with Crippen molar-refractivity contribution in [1.29, 1.82) is 0 Å². The summed E-state index contributed by atoms with van der Waals surface area (Å²) in [6.45, 7) is 3.56. The number of aromatic nitrogens is 1. The van der Waals surface area contributed by atoms with Gasteiger partial charge in [0.25, 0.3) is 0 Å². The number of allylic oxidation sites excluding steroid dienone is 1. The molecule has 1 rings (SSSR count).